The first-order valence-electron chi connectivity index (χ1n) is 13.0. The number of aromatic carboxylic acids is 1. The Morgan fingerprint density at radius 2 is 1.88 bits per heavy atom. The Bertz CT molecular complexity index is 1930. The normalized spacial score (nSPS) is 14.8. The summed E-state index contributed by atoms with van der Waals surface area (Å²) >= 11 is 1.17. The van der Waals surface area contributed by atoms with Crippen LogP contribution in [0.3, 0.4) is 0 Å². The minimum absolute atomic E-state index is 0.154. The molecule has 2 aromatic heterocycles. The fraction of sp³-hybridized carbons (Fsp3) is 0.226. The number of aryl methyl sites for hydroxylation is 1. The van der Waals surface area contributed by atoms with Crippen LogP contribution in [0.5, 0.6) is 11.5 Å². The maximum Gasteiger partial charge on any atom is 0.338 e. The molecule has 0 saturated heterocycles. The van der Waals surface area contributed by atoms with Gasteiger partial charge in [-0.05, 0) is 68.8 Å². The SMILES string of the molecule is CCOC(=O)C1=C(C)N=c2s/c(=C\c3ccc(-c4ccc(C(=O)O)cc4C)o3)c(=O)n2[C@H]1c1cc(OC)ccc1OC. The van der Waals surface area contributed by atoms with Gasteiger partial charge in [0.05, 0.1) is 42.2 Å². The highest BCUT2D eigenvalue weighted by atomic mass is 32.1. The fourth-order valence-electron chi connectivity index (χ4n) is 4.92. The second-order valence-electron chi connectivity index (χ2n) is 9.45. The lowest BCUT2D eigenvalue weighted by atomic mass is 9.95. The van der Waals surface area contributed by atoms with E-state index in [9.17, 15) is 19.5 Å². The third-order valence-corrected chi connectivity index (χ3v) is 7.87. The number of nitrogens with zero attached hydrogens (tertiary/aromatic N) is 2. The van der Waals surface area contributed by atoms with Crippen molar-refractivity contribution in [3.63, 3.8) is 0 Å². The van der Waals surface area contributed by atoms with Gasteiger partial charge in [-0.3, -0.25) is 9.36 Å². The maximum absolute atomic E-state index is 14.0. The van der Waals surface area contributed by atoms with Gasteiger partial charge in [0.25, 0.3) is 5.56 Å². The lowest BCUT2D eigenvalue weighted by molar-refractivity contribution is -0.139. The number of furan rings is 1. The number of benzene rings is 2. The standard InChI is InChI=1S/C31H28N2O8S/c1-6-40-30(37)26-17(3)32-31-33(27(26)22-14-19(38-4)8-11-23(22)39-5)28(34)25(42-31)15-20-9-12-24(41-20)21-10-7-18(29(35)36)13-16(21)2/h7-15,27H,6H2,1-5H3,(H,35,36)/b25-15-/t27-/m0/s1. The van der Waals surface area contributed by atoms with Crippen molar-refractivity contribution in [2.45, 2.75) is 26.8 Å². The van der Waals surface area contributed by atoms with E-state index in [0.29, 0.717) is 43.6 Å². The second-order valence-corrected chi connectivity index (χ2v) is 10.5. The summed E-state index contributed by atoms with van der Waals surface area (Å²) in [7, 11) is 3.05. The highest BCUT2D eigenvalue weighted by Gasteiger charge is 2.35. The summed E-state index contributed by atoms with van der Waals surface area (Å²) < 4.78 is 24.3. The molecule has 216 valence electrons. The van der Waals surface area contributed by atoms with Crippen molar-refractivity contribution in [2.24, 2.45) is 4.99 Å². The summed E-state index contributed by atoms with van der Waals surface area (Å²) in [5.74, 6) is 0.360. The molecule has 3 heterocycles. The van der Waals surface area contributed by atoms with E-state index in [-0.39, 0.29) is 23.3 Å². The van der Waals surface area contributed by atoms with Crippen LogP contribution in [0.15, 0.2) is 74.0 Å². The van der Waals surface area contributed by atoms with E-state index in [1.54, 1.807) is 69.3 Å². The zero-order valence-electron chi connectivity index (χ0n) is 23.6. The van der Waals surface area contributed by atoms with Crippen molar-refractivity contribution in [3.8, 4) is 22.8 Å². The summed E-state index contributed by atoms with van der Waals surface area (Å²) in [5.41, 5.74) is 2.49. The molecule has 1 aliphatic rings. The topological polar surface area (TPSA) is 130 Å². The Labute approximate surface area is 244 Å². The van der Waals surface area contributed by atoms with Crippen molar-refractivity contribution in [1.82, 2.24) is 4.57 Å². The molecule has 0 bridgehead atoms. The van der Waals surface area contributed by atoms with Crippen LogP contribution in [-0.4, -0.2) is 42.4 Å². The van der Waals surface area contributed by atoms with Gasteiger partial charge in [-0.25, -0.2) is 14.6 Å². The lowest BCUT2D eigenvalue weighted by Crippen LogP contribution is -2.40. The quantitative estimate of drug-likeness (QED) is 0.305. The van der Waals surface area contributed by atoms with Gasteiger partial charge >= 0.3 is 11.9 Å². The van der Waals surface area contributed by atoms with Gasteiger partial charge in [0, 0.05) is 17.2 Å². The number of methoxy groups -OCH3 is 2. The van der Waals surface area contributed by atoms with Gasteiger partial charge in [0.15, 0.2) is 4.80 Å². The third kappa shape index (κ3) is 5.14. The zero-order chi connectivity index (χ0) is 30.1. The van der Waals surface area contributed by atoms with E-state index >= 15 is 0 Å². The number of carboxylic acid groups (broad SMARTS) is 1. The molecule has 0 fully saturated rings. The van der Waals surface area contributed by atoms with E-state index < -0.39 is 18.0 Å². The first-order chi connectivity index (χ1) is 20.2. The average molecular weight is 589 g/mol. The number of esters is 1. The van der Waals surface area contributed by atoms with Crippen molar-refractivity contribution < 1.29 is 33.3 Å². The van der Waals surface area contributed by atoms with Crippen LogP contribution in [0.1, 0.15) is 47.1 Å². The largest absolute Gasteiger partial charge is 0.497 e. The number of hydrogen-bond donors (Lipinski definition) is 1. The van der Waals surface area contributed by atoms with Crippen LogP contribution in [-0.2, 0) is 9.53 Å². The smallest absolute Gasteiger partial charge is 0.338 e. The number of thiazole rings is 1. The molecule has 4 aromatic rings. The molecule has 42 heavy (non-hydrogen) atoms. The summed E-state index contributed by atoms with van der Waals surface area (Å²) in [6.07, 6.45) is 1.62. The van der Waals surface area contributed by atoms with Crippen LogP contribution in [0.2, 0.25) is 0 Å². The van der Waals surface area contributed by atoms with Crippen molar-refractivity contribution in [2.75, 3.05) is 20.8 Å². The summed E-state index contributed by atoms with van der Waals surface area (Å²) in [5, 5.41) is 9.26. The van der Waals surface area contributed by atoms with Gasteiger partial charge in [0.1, 0.15) is 29.1 Å². The van der Waals surface area contributed by atoms with E-state index in [4.69, 9.17) is 18.6 Å². The number of carbonyl (C=O) groups excluding carboxylic acids is 1. The molecule has 2 aromatic carbocycles. The Morgan fingerprint density at radius 3 is 2.55 bits per heavy atom. The van der Waals surface area contributed by atoms with Crippen LogP contribution in [0.4, 0.5) is 0 Å². The monoisotopic (exact) mass is 588 g/mol. The second kappa shape index (κ2) is 11.5. The number of allylic oxidation sites excluding steroid dienone is 1. The van der Waals surface area contributed by atoms with E-state index in [1.807, 2.05) is 0 Å². The van der Waals surface area contributed by atoms with E-state index in [1.165, 1.54) is 36.2 Å². The van der Waals surface area contributed by atoms with Crippen LogP contribution in [0, 0.1) is 6.92 Å². The molecule has 0 spiro atoms. The van der Waals surface area contributed by atoms with Crippen molar-refractivity contribution in [1.29, 1.82) is 0 Å². The molecular weight excluding hydrogens is 560 g/mol. The summed E-state index contributed by atoms with van der Waals surface area (Å²) in [6.45, 7) is 5.38. The minimum Gasteiger partial charge on any atom is -0.497 e. The van der Waals surface area contributed by atoms with Crippen molar-refractivity contribution in [3.05, 3.63) is 102 Å². The van der Waals surface area contributed by atoms with E-state index in [0.717, 1.165) is 11.1 Å². The van der Waals surface area contributed by atoms with Gasteiger partial charge in [-0.15, -0.1) is 0 Å². The van der Waals surface area contributed by atoms with Crippen LogP contribution in [0.25, 0.3) is 17.4 Å². The van der Waals surface area contributed by atoms with Gasteiger partial charge in [0.2, 0.25) is 0 Å². The number of fused-ring (bicyclic) bond motifs is 1. The number of aromatic nitrogens is 1. The van der Waals surface area contributed by atoms with E-state index in [2.05, 4.69) is 4.99 Å². The Hall–Kier alpha value is -4.90. The molecule has 0 unspecified atom stereocenters. The summed E-state index contributed by atoms with van der Waals surface area (Å²) in [4.78, 5) is 43.5. The molecule has 5 rings (SSSR count). The first kappa shape index (κ1) is 28.6. The highest BCUT2D eigenvalue weighted by Crippen LogP contribution is 2.38. The first-order valence-corrected chi connectivity index (χ1v) is 13.8. The molecule has 0 amide bonds. The maximum atomic E-state index is 14.0. The number of ether oxygens (including phenoxy) is 3. The molecule has 1 N–H and O–H groups in total. The number of hydrogen-bond acceptors (Lipinski definition) is 9. The number of carbonyl (C=O) groups is 2. The molecule has 10 nitrogen and oxygen atoms in total. The molecular formula is C31H28N2O8S. The zero-order valence-corrected chi connectivity index (χ0v) is 24.4. The molecule has 1 atom stereocenters. The Balaban J connectivity index is 1.65. The average Bonchev–Trinajstić information content (AvgIpc) is 3.55. The summed E-state index contributed by atoms with van der Waals surface area (Å²) in [6, 6.07) is 12.6. The molecule has 11 heteroatoms. The fourth-order valence-corrected chi connectivity index (χ4v) is 5.94. The van der Waals surface area contributed by atoms with Crippen LogP contribution >= 0.6 is 11.3 Å². The van der Waals surface area contributed by atoms with Gasteiger partial charge in [-0.1, -0.05) is 17.4 Å². The number of rotatable bonds is 8. The predicted molar refractivity (Wildman–Crippen MR) is 156 cm³/mol. The Kier molecular flexibility index (Phi) is 7.86. The van der Waals surface area contributed by atoms with Gasteiger partial charge in [-0.2, -0.15) is 0 Å². The van der Waals surface area contributed by atoms with Crippen LogP contribution < -0.4 is 24.4 Å². The van der Waals surface area contributed by atoms with Gasteiger partial charge < -0.3 is 23.7 Å². The molecule has 0 radical (unpaired) electrons. The molecule has 0 aliphatic carbocycles. The lowest BCUT2D eigenvalue weighted by Gasteiger charge is -2.26. The highest BCUT2D eigenvalue weighted by molar-refractivity contribution is 7.07. The minimum atomic E-state index is -1.01. The predicted octanol–water partition coefficient (Wildman–Crippen LogP) is 4.08. The van der Waals surface area contributed by atoms with Crippen molar-refractivity contribution >= 4 is 29.4 Å². The number of carboxylic acids is 1. The Morgan fingerprint density at radius 1 is 1.10 bits per heavy atom. The molecule has 1 aliphatic heterocycles. The molecule has 0 saturated carbocycles. The third-order valence-electron chi connectivity index (χ3n) is 6.89.